The predicted molar refractivity (Wildman–Crippen MR) is 85.1 cm³/mol. The average Bonchev–Trinajstić information content (AvgIpc) is 2.36. The van der Waals surface area contributed by atoms with Crippen molar-refractivity contribution in [2.45, 2.75) is 26.4 Å². The highest BCUT2D eigenvalue weighted by molar-refractivity contribution is 7.98. The van der Waals surface area contributed by atoms with E-state index >= 15 is 0 Å². The summed E-state index contributed by atoms with van der Waals surface area (Å²) in [5.41, 5.74) is 2.34. The Balaban J connectivity index is 2.78. The third-order valence-electron chi connectivity index (χ3n) is 3.04. The molecule has 102 valence electrons. The quantitative estimate of drug-likeness (QED) is 0.824. The first-order chi connectivity index (χ1) is 8.60. The SMILES string of the molecule is CCNCc1ccc(N(C)C(C)CSC)c(Cl)c1. The molecule has 1 N–H and O–H groups in total. The zero-order valence-corrected chi connectivity index (χ0v) is 13.2. The number of halogens is 1. The highest BCUT2D eigenvalue weighted by Gasteiger charge is 2.12. The summed E-state index contributed by atoms with van der Waals surface area (Å²) >= 11 is 8.23. The van der Waals surface area contributed by atoms with E-state index in [2.05, 4.69) is 55.6 Å². The summed E-state index contributed by atoms with van der Waals surface area (Å²) in [5.74, 6) is 1.10. The van der Waals surface area contributed by atoms with E-state index in [0.717, 1.165) is 29.6 Å². The van der Waals surface area contributed by atoms with Crippen molar-refractivity contribution in [1.82, 2.24) is 5.32 Å². The van der Waals surface area contributed by atoms with Crippen LogP contribution in [0.3, 0.4) is 0 Å². The van der Waals surface area contributed by atoms with Crippen molar-refractivity contribution in [3.8, 4) is 0 Å². The van der Waals surface area contributed by atoms with Gasteiger partial charge in [0.15, 0.2) is 0 Å². The van der Waals surface area contributed by atoms with Crippen LogP contribution in [-0.2, 0) is 6.54 Å². The second kappa shape index (κ2) is 7.93. The van der Waals surface area contributed by atoms with Crippen LogP contribution in [0, 0.1) is 0 Å². The highest BCUT2D eigenvalue weighted by atomic mass is 35.5. The second-order valence-corrected chi connectivity index (χ2v) is 5.80. The summed E-state index contributed by atoms with van der Waals surface area (Å²) < 4.78 is 0. The Morgan fingerprint density at radius 1 is 1.44 bits per heavy atom. The molecular formula is C14H23ClN2S. The summed E-state index contributed by atoms with van der Waals surface area (Å²) in [6.07, 6.45) is 2.13. The molecule has 0 spiro atoms. The minimum atomic E-state index is 0.483. The van der Waals surface area contributed by atoms with E-state index in [4.69, 9.17) is 11.6 Å². The van der Waals surface area contributed by atoms with Crippen molar-refractivity contribution in [3.63, 3.8) is 0 Å². The fourth-order valence-corrected chi connectivity index (χ4v) is 2.85. The molecule has 0 fully saturated rings. The maximum absolute atomic E-state index is 6.37. The molecule has 0 aromatic heterocycles. The number of nitrogens with zero attached hydrogens (tertiary/aromatic N) is 1. The van der Waals surface area contributed by atoms with Gasteiger partial charge in [-0.15, -0.1) is 0 Å². The lowest BCUT2D eigenvalue weighted by Crippen LogP contribution is -2.31. The minimum absolute atomic E-state index is 0.483. The molecule has 0 aliphatic carbocycles. The molecule has 4 heteroatoms. The normalized spacial score (nSPS) is 12.5. The van der Waals surface area contributed by atoms with Gasteiger partial charge in [0.2, 0.25) is 0 Å². The lowest BCUT2D eigenvalue weighted by molar-refractivity contribution is 0.726. The molecule has 0 radical (unpaired) electrons. The fraction of sp³-hybridized carbons (Fsp3) is 0.571. The molecular weight excluding hydrogens is 264 g/mol. The third-order valence-corrected chi connectivity index (χ3v) is 4.16. The molecule has 1 atom stereocenters. The molecule has 0 saturated heterocycles. The van der Waals surface area contributed by atoms with Gasteiger partial charge in [0, 0.05) is 25.4 Å². The van der Waals surface area contributed by atoms with Crippen LogP contribution in [0.25, 0.3) is 0 Å². The smallest absolute Gasteiger partial charge is 0.0642 e. The number of nitrogens with one attached hydrogen (secondary N) is 1. The van der Waals surface area contributed by atoms with E-state index in [1.165, 1.54) is 5.56 Å². The first-order valence-electron chi connectivity index (χ1n) is 6.31. The van der Waals surface area contributed by atoms with Gasteiger partial charge in [-0.25, -0.2) is 0 Å². The van der Waals surface area contributed by atoms with Crippen molar-refractivity contribution in [2.75, 3.05) is 30.5 Å². The van der Waals surface area contributed by atoms with Crippen LogP contribution < -0.4 is 10.2 Å². The standard InChI is InChI=1S/C14H23ClN2S/c1-5-16-9-12-6-7-14(13(15)8-12)17(3)11(2)10-18-4/h6-8,11,16H,5,9-10H2,1-4H3. The Morgan fingerprint density at radius 3 is 2.72 bits per heavy atom. The zero-order chi connectivity index (χ0) is 13.5. The number of anilines is 1. The Morgan fingerprint density at radius 2 is 2.17 bits per heavy atom. The zero-order valence-electron chi connectivity index (χ0n) is 11.7. The van der Waals surface area contributed by atoms with Gasteiger partial charge >= 0.3 is 0 Å². The van der Waals surface area contributed by atoms with Crippen molar-refractivity contribution < 1.29 is 0 Å². The van der Waals surface area contributed by atoms with Gasteiger partial charge in [-0.3, -0.25) is 0 Å². The maximum atomic E-state index is 6.37. The second-order valence-electron chi connectivity index (χ2n) is 4.48. The first-order valence-corrected chi connectivity index (χ1v) is 8.08. The summed E-state index contributed by atoms with van der Waals surface area (Å²) in [4.78, 5) is 2.25. The molecule has 0 aliphatic heterocycles. The molecule has 1 aromatic carbocycles. The molecule has 2 nitrogen and oxygen atoms in total. The molecule has 1 rings (SSSR count). The highest BCUT2D eigenvalue weighted by Crippen LogP contribution is 2.27. The molecule has 0 heterocycles. The van der Waals surface area contributed by atoms with Gasteiger partial charge in [0.1, 0.15) is 0 Å². The first kappa shape index (κ1) is 15.7. The fourth-order valence-electron chi connectivity index (χ4n) is 1.81. The molecule has 0 saturated carbocycles. The van der Waals surface area contributed by atoms with E-state index in [1.54, 1.807) is 0 Å². The number of hydrogen-bond donors (Lipinski definition) is 1. The Labute approximate surface area is 120 Å². The number of thioether (sulfide) groups is 1. The average molecular weight is 287 g/mol. The van der Waals surface area contributed by atoms with Crippen LogP contribution in [0.2, 0.25) is 5.02 Å². The Hall–Kier alpha value is -0.380. The molecule has 0 aliphatic rings. The minimum Gasteiger partial charge on any atom is -0.370 e. The van der Waals surface area contributed by atoms with Crippen LogP contribution in [0.15, 0.2) is 18.2 Å². The van der Waals surface area contributed by atoms with Gasteiger partial charge in [0.25, 0.3) is 0 Å². The van der Waals surface area contributed by atoms with E-state index in [9.17, 15) is 0 Å². The van der Waals surface area contributed by atoms with Gasteiger partial charge in [-0.1, -0.05) is 24.6 Å². The Kier molecular flexibility index (Phi) is 6.90. The topological polar surface area (TPSA) is 15.3 Å². The lowest BCUT2D eigenvalue weighted by atomic mass is 10.1. The Bertz CT molecular complexity index is 371. The van der Waals surface area contributed by atoms with Crippen molar-refractivity contribution in [1.29, 1.82) is 0 Å². The summed E-state index contributed by atoms with van der Waals surface area (Å²) in [6, 6.07) is 6.80. The molecule has 0 amide bonds. The molecule has 0 bridgehead atoms. The van der Waals surface area contributed by atoms with Gasteiger partial charge in [-0.2, -0.15) is 11.8 Å². The number of hydrogen-bond acceptors (Lipinski definition) is 3. The van der Waals surface area contributed by atoms with Crippen LogP contribution in [0.4, 0.5) is 5.69 Å². The van der Waals surface area contributed by atoms with Crippen molar-refractivity contribution in [2.24, 2.45) is 0 Å². The number of rotatable bonds is 7. The largest absolute Gasteiger partial charge is 0.370 e. The van der Waals surface area contributed by atoms with Crippen LogP contribution in [0.1, 0.15) is 19.4 Å². The maximum Gasteiger partial charge on any atom is 0.0642 e. The van der Waals surface area contributed by atoms with Gasteiger partial charge < -0.3 is 10.2 Å². The lowest BCUT2D eigenvalue weighted by Gasteiger charge is -2.27. The van der Waals surface area contributed by atoms with E-state index in [-0.39, 0.29) is 0 Å². The van der Waals surface area contributed by atoms with Crippen LogP contribution >= 0.6 is 23.4 Å². The van der Waals surface area contributed by atoms with Crippen molar-refractivity contribution >= 4 is 29.1 Å². The summed E-state index contributed by atoms with van der Waals surface area (Å²) in [5, 5.41) is 4.14. The predicted octanol–water partition coefficient (Wildman–Crippen LogP) is 3.64. The van der Waals surface area contributed by atoms with Crippen molar-refractivity contribution in [3.05, 3.63) is 28.8 Å². The summed E-state index contributed by atoms with van der Waals surface area (Å²) in [7, 11) is 2.10. The monoisotopic (exact) mass is 286 g/mol. The van der Waals surface area contributed by atoms with Crippen LogP contribution in [0.5, 0.6) is 0 Å². The van der Waals surface area contributed by atoms with Gasteiger partial charge in [-0.05, 0) is 37.4 Å². The van der Waals surface area contributed by atoms with E-state index in [1.807, 2.05) is 11.8 Å². The third kappa shape index (κ3) is 4.38. The van der Waals surface area contributed by atoms with E-state index < -0.39 is 0 Å². The van der Waals surface area contributed by atoms with Crippen LogP contribution in [-0.4, -0.2) is 31.6 Å². The van der Waals surface area contributed by atoms with Gasteiger partial charge in [0.05, 0.1) is 10.7 Å². The van der Waals surface area contributed by atoms with E-state index in [0.29, 0.717) is 6.04 Å². The number of benzene rings is 1. The summed E-state index contributed by atoms with van der Waals surface area (Å²) in [6.45, 7) is 6.18. The molecule has 1 unspecified atom stereocenters. The molecule has 1 aromatic rings. The molecule has 18 heavy (non-hydrogen) atoms.